The number of hydrogen-bond acceptors (Lipinski definition) is 10. The molecule has 2 atom stereocenters. The zero-order chi connectivity index (χ0) is 34.8. The average molecular weight is 695 g/mol. The smallest absolute Gasteiger partial charge is 0.279 e. The summed E-state index contributed by atoms with van der Waals surface area (Å²) < 4.78 is 101. The van der Waals surface area contributed by atoms with Gasteiger partial charge < -0.3 is 11.7 Å². The summed E-state index contributed by atoms with van der Waals surface area (Å²) in [6.07, 6.45) is -1.57. The maximum absolute atomic E-state index is 16.1. The molecule has 2 unspecified atom stereocenters. The molecular formula is C32H24F2N4O8S2. The third-order valence-electron chi connectivity index (χ3n) is 8.90. The molecule has 246 valence electrons. The molecule has 0 saturated carbocycles. The first-order valence-corrected chi connectivity index (χ1v) is 16.9. The molecule has 0 heterocycles. The maximum Gasteiger partial charge on any atom is 0.279 e. The zero-order valence-corrected chi connectivity index (χ0v) is 26.1. The molecule has 6 N–H and O–H groups in total. The Morgan fingerprint density at radius 2 is 0.938 bits per heavy atom. The number of halogens is 2. The van der Waals surface area contributed by atoms with E-state index in [0.29, 0.717) is 0 Å². The Hall–Kier alpha value is -5.16. The number of ketones is 2. The zero-order valence-electron chi connectivity index (χ0n) is 24.5. The van der Waals surface area contributed by atoms with E-state index < -0.39 is 88.3 Å². The number of hydrogen-bond donors (Lipinski definition) is 4. The highest BCUT2D eigenvalue weighted by Crippen LogP contribution is 2.49. The van der Waals surface area contributed by atoms with Gasteiger partial charge in [0.1, 0.15) is 23.1 Å². The highest BCUT2D eigenvalue weighted by molar-refractivity contribution is 7.87. The summed E-state index contributed by atoms with van der Waals surface area (Å²) in [5.41, 5.74) is -2.65. The van der Waals surface area contributed by atoms with E-state index in [9.17, 15) is 35.5 Å². The minimum atomic E-state index is -5.21. The predicted molar refractivity (Wildman–Crippen MR) is 170 cm³/mol. The SMILES string of the molecule is NN=C1CC(c2ccc(-c3ccc(C4(S(=O)(=O)O)CC(=NN)C(=O)c5ccccc54)c(F)c3)cc2F)(S(=O)(=O)O)c2ccccc2C1=O. The van der Waals surface area contributed by atoms with Crippen molar-refractivity contribution in [2.75, 3.05) is 0 Å². The fourth-order valence-corrected chi connectivity index (χ4v) is 9.11. The van der Waals surface area contributed by atoms with Crippen molar-refractivity contribution < 1.29 is 44.3 Å². The highest BCUT2D eigenvalue weighted by Gasteiger charge is 2.56. The van der Waals surface area contributed by atoms with Crippen LogP contribution in [0.5, 0.6) is 0 Å². The van der Waals surface area contributed by atoms with E-state index in [4.69, 9.17) is 11.7 Å². The van der Waals surface area contributed by atoms with Gasteiger partial charge in [0.2, 0.25) is 11.6 Å². The Bertz CT molecular complexity index is 2200. The van der Waals surface area contributed by atoms with Gasteiger partial charge >= 0.3 is 0 Å². The molecule has 0 fully saturated rings. The minimum Gasteiger partial charge on any atom is -0.323 e. The van der Waals surface area contributed by atoms with Gasteiger partial charge in [-0.1, -0.05) is 72.8 Å². The van der Waals surface area contributed by atoms with E-state index in [1.807, 2.05) is 0 Å². The second kappa shape index (κ2) is 11.2. The number of benzene rings is 4. The van der Waals surface area contributed by atoms with Crippen molar-refractivity contribution in [3.05, 3.63) is 130 Å². The molecule has 0 aliphatic heterocycles. The van der Waals surface area contributed by atoms with Gasteiger partial charge in [-0.3, -0.25) is 18.7 Å². The lowest BCUT2D eigenvalue weighted by Crippen LogP contribution is -2.46. The maximum atomic E-state index is 16.1. The van der Waals surface area contributed by atoms with Gasteiger partial charge in [0.15, 0.2) is 9.49 Å². The van der Waals surface area contributed by atoms with E-state index in [1.54, 1.807) is 0 Å². The monoisotopic (exact) mass is 694 g/mol. The van der Waals surface area contributed by atoms with Crippen molar-refractivity contribution in [1.29, 1.82) is 0 Å². The van der Waals surface area contributed by atoms with Gasteiger partial charge in [-0.2, -0.15) is 27.0 Å². The molecule has 0 amide bonds. The van der Waals surface area contributed by atoms with Gasteiger partial charge in [-0.25, -0.2) is 8.78 Å². The summed E-state index contributed by atoms with van der Waals surface area (Å²) in [5, 5.41) is 6.80. The van der Waals surface area contributed by atoms with E-state index in [0.717, 1.165) is 24.3 Å². The first kappa shape index (κ1) is 32.8. The molecule has 16 heteroatoms. The molecule has 4 aromatic carbocycles. The van der Waals surface area contributed by atoms with Crippen molar-refractivity contribution in [3.8, 4) is 11.1 Å². The van der Waals surface area contributed by atoms with Crippen LogP contribution in [0.1, 0.15) is 55.8 Å². The van der Waals surface area contributed by atoms with Crippen molar-refractivity contribution in [1.82, 2.24) is 0 Å². The second-order valence-electron chi connectivity index (χ2n) is 11.2. The lowest BCUT2D eigenvalue weighted by atomic mass is 9.75. The molecule has 4 aromatic rings. The standard InChI is InChI=1S/C32H24F2N4O8S2/c33-25-13-17(9-11-23(25)31(47(41,42)43)15-27(37-35)29(39)19-5-1-3-7-21(19)31)18-10-12-24(26(34)14-18)32(48(44,45)46)16-28(38-36)30(40)20-6-2-4-8-22(20)32/h1-14H,15-16,35-36H2,(H,41,42,43)(H,44,45,46). The van der Waals surface area contributed by atoms with Gasteiger partial charge in [0.05, 0.1) is 0 Å². The topological polar surface area (TPSA) is 220 Å². The summed E-state index contributed by atoms with van der Waals surface area (Å²) in [6.45, 7) is 0. The average Bonchev–Trinajstić information content (AvgIpc) is 3.05. The summed E-state index contributed by atoms with van der Waals surface area (Å²) in [7, 11) is -10.4. The number of carbonyl (C=O) groups excluding carboxylic acids is 2. The van der Waals surface area contributed by atoms with E-state index in [-0.39, 0.29) is 33.4 Å². The number of hydrazone groups is 2. The predicted octanol–water partition coefficient (Wildman–Crippen LogP) is 3.70. The highest BCUT2D eigenvalue weighted by atomic mass is 32.2. The van der Waals surface area contributed by atoms with Crippen LogP contribution in [0, 0.1) is 11.6 Å². The van der Waals surface area contributed by atoms with Crippen LogP contribution in [0.3, 0.4) is 0 Å². The molecule has 0 radical (unpaired) electrons. The Kier molecular flexibility index (Phi) is 7.66. The van der Waals surface area contributed by atoms with Crippen LogP contribution in [0.25, 0.3) is 11.1 Å². The third kappa shape index (κ3) is 4.59. The first-order chi connectivity index (χ1) is 22.6. The van der Waals surface area contributed by atoms with Crippen molar-refractivity contribution >= 4 is 43.2 Å². The van der Waals surface area contributed by atoms with Crippen LogP contribution in [-0.2, 0) is 29.7 Å². The van der Waals surface area contributed by atoms with Gasteiger partial charge in [0.25, 0.3) is 20.2 Å². The number of rotatable bonds is 5. The Morgan fingerprint density at radius 1 is 0.583 bits per heavy atom. The molecule has 2 aliphatic carbocycles. The number of carbonyl (C=O) groups is 2. The van der Waals surface area contributed by atoms with Crippen LogP contribution in [0.4, 0.5) is 8.78 Å². The second-order valence-corrected chi connectivity index (χ2v) is 14.5. The Morgan fingerprint density at radius 3 is 1.25 bits per heavy atom. The third-order valence-corrected chi connectivity index (χ3v) is 11.8. The molecular weight excluding hydrogens is 671 g/mol. The van der Waals surface area contributed by atoms with Gasteiger partial charge in [-0.05, 0) is 34.4 Å². The van der Waals surface area contributed by atoms with Crippen molar-refractivity contribution in [3.63, 3.8) is 0 Å². The number of fused-ring (bicyclic) bond motifs is 2. The van der Waals surface area contributed by atoms with Crippen molar-refractivity contribution in [2.45, 2.75) is 22.3 Å². The first-order valence-electron chi connectivity index (χ1n) is 14.0. The van der Waals surface area contributed by atoms with Crippen LogP contribution >= 0.6 is 0 Å². The Labute approximate surface area is 272 Å². The van der Waals surface area contributed by atoms with Gasteiger partial charge in [-0.15, -0.1) is 0 Å². The molecule has 12 nitrogen and oxygen atoms in total. The van der Waals surface area contributed by atoms with E-state index >= 15 is 8.78 Å². The minimum absolute atomic E-state index is 0.00408. The molecule has 0 aromatic heterocycles. The lowest BCUT2D eigenvalue weighted by molar-refractivity contribution is 0.104. The van der Waals surface area contributed by atoms with Crippen LogP contribution in [-0.4, -0.2) is 48.9 Å². The fraction of sp³-hybridized carbons (Fsp3) is 0.125. The molecule has 0 saturated heterocycles. The normalized spacial score (nSPS) is 22.8. The quantitative estimate of drug-likeness (QED) is 0.135. The summed E-state index contributed by atoms with van der Waals surface area (Å²) in [6, 6.07) is 17.2. The van der Waals surface area contributed by atoms with Crippen molar-refractivity contribution in [2.24, 2.45) is 21.9 Å². The Balaban J connectivity index is 1.51. The van der Waals surface area contributed by atoms with E-state index in [1.165, 1.54) is 60.7 Å². The van der Waals surface area contributed by atoms with Crippen LogP contribution in [0.15, 0.2) is 95.1 Å². The summed E-state index contributed by atoms with van der Waals surface area (Å²) >= 11 is 0. The fourth-order valence-electron chi connectivity index (χ4n) is 6.67. The molecule has 0 spiro atoms. The van der Waals surface area contributed by atoms with Crippen LogP contribution in [0.2, 0.25) is 0 Å². The molecule has 6 rings (SSSR count). The van der Waals surface area contributed by atoms with E-state index in [2.05, 4.69) is 10.2 Å². The lowest BCUT2D eigenvalue weighted by Gasteiger charge is -2.37. The molecule has 2 aliphatic rings. The van der Waals surface area contributed by atoms with Gasteiger partial charge in [0, 0.05) is 35.1 Å². The largest absolute Gasteiger partial charge is 0.323 e. The number of Topliss-reactive ketones (excluding diaryl/α,β-unsaturated/α-hetero) is 2. The summed E-state index contributed by atoms with van der Waals surface area (Å²) in [4.78, 5) is 25.8. The number of nitrogens with zero attached hydrogens (tertiary/aromatic N) is 2. The summed E-state index contributed by atoms with van der Waals surface area (Å²) in [5.74, 6) is 7.04. The van der Waals surface area contributed by atoms with Crippen LogP contribution < -0.4 is 11.7 Å². The molecule has 48 heavy (non-hydrogen) atoms. The molecule has 0 bridgehead atoms. The number of nitrogens with two attached hydrogens (primary N) is 2.